The van der Waals surface area contributed by atoms with E-state index in [4.69, 9.17) is 28.9 Å². The van der Waals surface area contributed by atoms with Crippen molar-refractivity contribution < 1.29 is 5.11 Å². The molecule has 0 spiro atoms. The van der Waals surface area contributed by atoms with Crippen LogP contribution in [0.25, 0.3) is 0 Å². The molecule has 4 N–H and O–H groups in total. The summed E-state index contributed by atoms with van der Waals surface area (Å²) in [7, 11) is 0. The third-order valence-electron chi connectivity index (χ3n) is 3.47. The predicted octanol–water partition coefficient (Wildman–Crippen LogP) is 2.87. The SMILES string of the molecule is NC(=NCC(O)c1c(Cl)cccc1Cl)NC1CCCC1. The monoisotopic (exact) mass is 315 g/mol. The molecule has 110 valence electrons. The van der Waals surface area contributed by atoms with E-state index in [1.54, 1.807) is 18.2 Å². The lowest BCUT2D eigenvalue weighted by atomic mass is 10.1. The quantitative estimate of drug-likeness (QED) is 0.591. The molecule has 20 heavy (non-hydrogen) atoms. The largest absolute Gasteiger partial charge is 0.386 e. The molecular formula is C14H19Cl2N3O. The molecule has 0 aromatic heterocycles. The molecular weight excluding hydrogens is 297 g/mol. The summed E-state index contributed by atoms with van der Waals surface area (Å²) in [5.74, 6) is 0.360. The van der Waals surface area contributed by atoms with Gasteiger partial charge in [-0.3, -0.25) is 4.99 Å². The summed E-state index contributed by atoms with van der Waals surface area (Å²) < 4.78 is 0. The summed E-state index contributed by atoms with van der Waals surface area (Å²) in [5.41, 5.74) is 6.31. The number of nitrogens with two attached hydrogens (primary N) is 1. The molecule has 1 aromatic rings. The molecule has 0 amide bonds. The average Bonchev–Trinajstić information content (AvgIpc) is 2.89. The molecule has 0 radical (unpaired) electrons. The van der Waals surface area contributed by atoms with E-state index < -0.39 is 6.10 Å². The highest BCUT2D eigenvalue weighted by Crippen LogP contribution is 2.30. The second-order valence-electron chi connectivity index (χ2n) is 5.00. The molecule has 0 bridgehead atoms. The second-order valence-corrected chi connectivity index (χ2v) is 5.82. The lowest BCUT2D eigenvalue weighted by Gasteiger charge is -2.15. The van der Waals surface area contributed by atoms with Crippen molar-refractivity contribution in [1.82, 2.24) is 5.32 Å². The van der Waals surface area contributed by atoms with Gasteiger partial charge in [0.2, 0.25) is 0 Å². The zero-order valence-electron chi connectivity index (χ0n) is 11.1. The van der Waals surface area contributed by atoms with E-state index in [1.165, 1.54) is 12.8 Å². The number of nitrogens with one attached hydrogen (secondary N) is 1. The fourth-order valence-electron chi connectivity index (χ4n) is 2.43. The van der Waals surface area contributed by atoms with Crippen LogP contribution in [-0.2, 0) is 0 Å². The smallest absolute Gasteiger partial charge is 0.188 e. The molecule has 1 aliphatic rings. The van der Waals surface area contributed by atoms with Gasteiger partial charge in [0.05, 0.1) is 6.54 Å². The predicted molar refractivity (Wildman–Crippen MR) is 83.3 cm³/mol. The van der Waals surface area contributed by atoms with Crippen LogP contribution in [0.3, 0.4) is 0 Å². The highest BCUT2D eigenvalue weighted by molar-refractivity contribution is 6.36. The summed E-state index contributed by atoms with van der Waals surface area (Å²) in [6, 6.07) is 5.52. The van der Waals surface area contributed by atoms with Crippen molar-refractivity contribution >= 4 is 29.2 Å². The maximum atomic E-state index is 10.1. The molecule has 1 saturated carbocycles. The number of benzene rings is 1. The van der Waals surface area contributed by atoms with Gasteiger partial charge in [0.25, 0.3) is 0 Å². The third kappa shape index (κ3) is 4.01. The van der Waals surface area contributed by atoms with Crippen LogP contribution in [-0.4, -0.2) is 23.7 Å². The van der Waals surface area contributed by atoms with Crippen LogP contribution >= 0.6 is 23.2 Å². The van der Waals surface area contributed by atoms with Gasteiger partial charge in [0.1, 0.15) is 6.10 Å². The van der Waals surface area contributed by atoms with E-state index in [9.17, 15) is 5.11 Å². The van der Waals surface area contributed by atoms with Gasteiger partial charge in [-0.05, 0) is 25.0 Å². The Morgan fingerprint density at radius 1 is 1.35 bits per heavy atom. The Labute approximate surface area is 129 Å². The van der Waals surface area contributed by atoms with Gasteiger partial charge in [-0.2, -0.15) is 0 Å². The van der Waals surface area contributed by atoms with Gasteiger partial charge >= 0.3 is 0 Å². The van der Waals surface area contributed by atoms with E-state index in [2.05, 4.69) is 10.3 Å². The molecule has 0 heterocycles. The van der Waals surface area contributed by atoms with Gasteiger partial charge in [-0.25, -0.2) is 0 Å². The van der Waals surface area contributed by atoms with Crippen molar-refractivity contribution in [1.29, 1.82) is 0 Å². The zero-order valence-corrected chi connectivity index (χ0v) is 12.7. The number of rotatable bonds is 4. The summed E-state index contributed by atoms with van der Waals surface area (Å²) in [5, 5.41) is 14.2. The number of hydrogen-bond acceptors (Lipinski definition) is 2. The van der Waals surface area contributed by atoms with Crippen LogP contribution in [0.1, 0.15) is 37.4 Å². The third-order valence-corrected chi connectivity index (χ3v) is 4.13. The Kier molecular flexibility index (Phi) is 5.52. The van der Waals surface area contributed by atoms with Crippen molar-refractivity contribution in [2.75, 3.05) is 6.54 Å². The molecule has 1 fully saturated rings. The fraction of sp³-hybridized carbons (Fsp3) is 0.500. The van der Waals surface area contributed by atoms with E-state index >= 15 is 0 Å². The summed E-state index contributed by atoms with van der Waals surface area (Å²) >= 11 is 12.1. The zero-order chi connectivity index (χ0) is 14.5. The average molecular weight is 316 g/mol. The van der Waals surface area contributed by atoms with Gasteiger partial charge in [0.15, 0.2) is 5.96 Å². The first-order valence-corrected chi connectivity index (χ1v) is 7.52. The van der Waals surface area contributed by atoms with Gasteiger partial charge in [0, 0.05) is 21.7 Å². The van der Waals surface area contributed by atoms with Crippen molar-refractivity contribution in [2.24, 2.45) is 10.7 Å². The molecule has 0 aliphatic heterocycles. The van der Waals surface area contributed by atoms with Crippen LogP contribution in [0.15, 0.2) is 23.2 Å². The van der Waals surface area contributed by atoms with Gasteiger partial charge in [-0.1, -0.05) is 42.1 Å². The first kappa shape index (κ1) is 15.4. The highest BCUT2D eigenvalue weighted by Gasteiger charge is 2.17. The van der Waals surface area contributed by atoms with Crippen LogP contribution in [0.4, 0.5) is 0 Å². The van der Waals surface area contributed by atoms with Gasteiger partial charge in [-0.15, -0.1) is 0 Å². The number of aliphatic imine (C=N–C) groups is 1. The maximum Gasteiger partial charge on any atom is 0.188 e. The Morgan fingerprint density at radius 3 is 2.55 bits per heavy atom. The van der Waals surface area contributed by atoms with Gasteiger partial charge < -0.3 is 16.2 Å². The van der Waals surface area contributed by atoms with Crippen LogP contribution in [0, 0.1) is 0 Å². The first-order chi connectivity index (χ1) is 9.58. The Hall–Kier alpha value is -0.970. The van der Waals surface area contributed by atoms with Crippen LogP contribution < -0.4 is 11.1 Å². The number of nitrogens with zero attached hydrogens (tertiary/aromatic N) is 1. The van der Waals surface area contributed by atoms with Crippen molar-refractivity contribution in [2.45, 2.75) is 37.8 Å². The van der Waals surface area contributed by atoms with Crippen molar-refractivity contribution in [3.63, 3.8) is 0 Å². The fourth-order valence-corrected chi connectivity index (χ4v) is 3.08. The van der Waals surface area contributed by atoms with E-state index in [1.807, 2.05) is 0 Å². The van der Waals surface area contributed by atoms with E-state index in [0.29, 0.717) is 27.6 Å². The number of guanidine groups is 1. The van der Waals surface area contributed by atoms with Crippen LogP contribution in [0.5, 0.6) is 0 Å². The molecule has 1 aromatic carbocycles. The second kappa shape index (κ2) is 7.16. The summed E-state index contributed by atoms with van der Waals surface area (Å²) in [4.78, 5) is 4.16. The standard InChI is InChI=1S/C14H19Cl2N3O/c15-10-6-3-7-11(16)13(10)12(20)8-18-14(17)19-9-4-1-2-5-9/h3,6-7,9,12,20H,1-2,4-5,8H2,(H3,17,18,19). The first-order valence-electron chi connectivity index (χ1n) is 6.76. The molecule has 6 heteroatoms. The number of aliphatic hydroxyl groups is 1. The van der Waals surface area contributed by atoms with Crippen molar-refractivity contribution in [3.8, 4) is 0 Å². The normalized spacial score (nSPS) is 18.2. The maximum absolute atomic E-state index is 10.1. The molecule has 1 atom stereocenters. The highest BCUT2D eigenvalue weighted by atomic mass is 35.5. The van der Waals surface area contributed by atoms with Crippen LogP contribution in [0.2, 0.25) is 10.0 Å². The minimum absolute atomic E-state index is 0.134. The summed E-state index contributed by atoms with van der Waals surface area (Å²) in [6.07, 6.45) is 3.83. The van der Waals surface area contributed by atoms with Crippen molar-refractivity contribution in [3.05, 3.63) is 33.8 Å². The topological polar surface area (TPSA) is 70.6 Å². The van der Waals surface area contributed by atoms with E-state index in [-0.39, 0.29) is 6.54 Å². The lowest BCUT2D eigenvalue weighted by Crippen LogP contribution is -2.38. The van der Waals surface area contributed by atoms with E-state index in [0.717, 1.165) is 12.8 Å². The number of hydrogen-bond donors (Lipinski definition) is 3. The molecule has 2 rings (SSSR count). The molecule has 1 unspecified atom stereocenters. The Bertz CT molecular complexity index is 467. The number of aliphatic hydroxyl groups excluding tert-OH is 1. The lowest BCUT2D eigenvalue weighted by molar-refractivity contribution is 0.187. The summed E-state index contributed by atoms with van der Waals surface area (Å²) in [6.45, 7) is 0.134. The Balaban J connectivity index is 1.95. The minimum Gasteiger partial charge on any atom is -0.386 e. The minimum atomic E-state index is -0.861. The molecule has 0 saturated heterocycles. The molecule has 4 nitrogen and oxygen atoms in total. The Morgan fingerprint density at radius 2 is 1.95 bits per heavy atom. The molecule has 1 aliphatic carbocycles. The number of halogens is 2.